The van der Waals surface area contributed by atoms with E-state index in [-0.39, 0.29) is 30.4 Å². The lowest BCUT2D eigenvalue weighted by molar-refractivity contribution is 0.0658. The average molecular weight is 676 g/mol. The number of phenolic OH excluding ortho intramolecular Hbond substituents is 1. The molecule has 4 aromatic heterocycles. The molecule has 0 unspecified atom stereocenters. The lowest BCUT2D eigenvalue weighted by Crippen LogP contribution is -2.42. The molecule has 0 radical (unpaired) electrons. The van der Waals surface area contributed by atoms with Crippen molar-refractivity contribution in [3.63, 3.8) is 0 Å². The van der Waals surface area contributed by atoms with Crippen molar-refractivity contribution in [1.29, 1.82) is 0 Å². The molecular weight excluding hydrogens is 642 g/mol. The summed E-state index contributed by atoms with van der Waals surface area (Å²) in [6.45, 7) is 2.62. The third-order valence-corrected chi connectivity index (χ3v) is 9.95. The molecule has 2 amide bonds. The number of aryl methyl sites for hydroxylation is 1. The smallest absolute Gasteiger partial charge is 0.265 e. The monoisotopic (exact) mass is 675 g/mol. The van der Waals surface area contributed by atoms with Crippen LogP contribution in [0.25, 0.3) is 27.8 Å². The molecule has 6 heterocycles. The topological polar surface area (TPSA) is 102 Å². The number of aromatic hydroxyl groups is 1. The fourth-order valence-corrected chi connectivity index (χ4v) is 7.34. The number of hydrogen-bond acceptors (Lipinski definition) is 6. The van der Waals surface area contributed by atoms with E-state index < -0.39 is 0 Å². The van der Waals surface area contributed by atoms with Gasteiger partial charge in [-0.3, -0.25) is 14.5 Å². The van der Waals surface area contributed by atoms with Crippen LogP contribution in [0.3, 0.4) is 0 Å². The van der Waals surface area contributed by atoms with Gasteiger partial charge in [-0.25, -0.2) is 4.98 Å². The van der Waals surface area contributed by atoms with Gasteiger partial charge in [-0.1, -0.05) is 30.3 Å². The standard InChI is InChI=1S/C41H33N5O5/c1-25-17-26-7-3-4-8-28(26)23-45(25)40(48)33-21-38-37(50-24-51-38)20-32(33)36-19-34(35-9-5-6-15-44(35)36)41(49)46(29-10-12-31(47)13-11-29)30-18-27-14-16-43(2)39(27)42-22-30/h3-16,18-22,25,47H,17,23-24H2,1-2H3/t25-/m1/s1. The lowest BCUT2D eigenvalue weighted by atomic mass is 9.93. The molecule has 2 aliphatic heterocycles. The van der Waals surface area contributed by atoms with Gasteiger partial charge in [0.1, 0.15) is 11.4 Å². The molecule has 0 saturated carbocycles. The minimum atomic E-state index is -0.303. The quantitative estimate of drug-likeness (QED) is 0.203. The van der Waals surface area contributed by atoms with Crippen molar-refractivity contribution in [2.75, 3.05) is 11.7 Å². The zero-order chi connectivity index (χ0) is 34.8. The molecule has 7 aromatic rings. The summed E-state index contributed by atoms with van der Waals surface area (Å²) in [5.41, 5.74) is 7.12. The first-order valence-electron chi connectivity index (χ1n) is 16.8. The predicted octanol–water partition coefficient (Wildman–Crippen LogP) is 7.49. The van der Waals surface area contributed by atoms with E-state index in [1.807, 2.05) is 87.9 Å². The predicted molar refractivity (Wildman–Crippen MR) is 194 cm³/mol. The number of nitrogens with zero attached hydrogens (tertiary/aromatic N) is 5. The molecule has 9 rings (SSSR count). The van der Waals surface area contributed by atoms with E-state index in [1.165, 1.54) is 5.56 Å². The van der Waals surface area contributed by atoms with Crippen LogP contribution in [0.1, 0.15) is 38.8 Å². The molecule has 0 aliphatic carbocycles. The third-order valence-electron chi connectivity index (χ3n) is 9.95. The van der Waals surface area contributed by atoms with E-state index in [9.17, 15) is 14.7 Å². The lowest BCUT2D eigenvalue weighted by Gasteiger charge is -2.35. The number of carbonyl (C=O) groups is 2. The van der Waals surface area contributed by atoms with Crippen LogP contribution in [-0.4, -0.2) is 48.6 Å². The molecule has 1 N–H and O–H groups in total. The molecule has 10 heteroatoms. The number of phenols is 1. The maximum atomic E-state index is 14.9. The fourth-order valence-electron chi connectivity index (χ4n) is 7.34. The highest BCUT2D eigenvalue weighted by Crippen LogP contribution is 2.42. The Bertz CT molecular complexity index is 2520. The van der Waals surface area contributed by atoms with Crippen molar-refractivity contribution in [3.05, 3.63) is 138 Å². The summed E-state index contributed by atoms with van der Waals surface area (Å²) < 4.78 is 15.4. The Morgan fingerprint density at radius 3 is 2.43 bits per heavy atom. The SMILES string of the molecule is C[C@@H]1Cc2ccccc2CN1C(=O)c1cc2c(cc1-c1cc(C(=O)N(c3ccc(O)cc3)c3cnc4c(ccn4C)c3)c3ccccn13)OCO2. The molecule has 51 heavy (non-hydrogen) atoms. The van der Waals surface area contributed by atoms with Crippen molar-refractivity contribution >= 4 is 39.7 Å². The number of hydrogen-bond donors (Lipinski definition) is 1. The summed E-state index contributed by atoms with van der Waals surface area (Å²) in [6, 6.07) is 29.7. The third kappa shape index (κ3) is 5.06. The number of rotatable bonds is 5. The van der Waals surface area contributed by atoms with Crippen LogP contribution < -0.4 is 14.4 Å². The Morgan fingerprint density at radius 2 is 1.61 bits per heavy atom. The zero-order valence-electron chi connectivity index (χ0n) is 28.0. The summed E-state index contributed by atoms with van der Waals surface area (Å²) in [5.74, 6) is 0.697. The number of anilines is 2. The Hall–Kier alpha value is -6.55. The molecule has 1 atom stereocenters. The molecule has 0 spiro atoms. The van der Waals surface area contributed by atoms with Crippen LogP contribution in [-0.2, 0) is 20.0 Å². The summed E-state index contributed by atoms with van der Waals surface area (Å²) in [5, 5.41) is 11.0. The normalized spacial score (nSPS) is 14.9. The maximum Gasteiger partial charge on any atom is 0.265 e. The van der Waals surface area contributed by atoms with Crippen LogP contribution in [0.4, 0.5) is 11.4 Å². The Balaban J connectivity index is 1.19. The van der Waals surface area contributed by atoms with Crippen LogP contribution in [0.15, 0.2) is 116 Å². The first-order valence-corrected chi connectivity index (χ1v) is 16.8. The Morgan fingerprint density at radius 1 is 0.843 bits per heavy atom. The van der Waals surface area contributed by atoms with E-state index >= 15 is 0 Å². The summed E-state index contributed by atoms with van der Waals surface area (Å²) in [7, 11) is 1.92. The van der Waals surface area contributed by atoms with Crippen LogP contribution in [0.5, 0.6) is 17.2 Å². The molecule has 0 bridgehead atoms. The van der Waals surface area contributed by atoms with Crippen LogP contribution in [0.2, 0.25) is 0 Å². The van der Waals surface area contributed by atoms with Gasteiger partial charge >= 0.3 is 0 Å². The molecule has 3 aromatic carbocycles. The minimum absolute atomic E-state index is 0.0266. The Labute approximate surface area is 293 Å². The highest BCUT2D eigenvalue weighted by Gasteiger charge is 2.33. The van der Waals surface area contributed by atoms with Crippen molar-refractivity contribution < 1.29 is 24.2 Å². The summed E-state index contributed by atoms with van der Waals surface area (Å²) in [6.07, 6.45) is 6.25. The van der Waals surface area contributed by atoms with Crippen molar-refractivity contribution in [3.8, 4) is 28.5 Å². The van der Waals surface area contributed by atoms with Gasteiger partial charge < -0.3 is 28.4 Å². The van der Waals surface area contributed by atoms with Gasteiger partial charge in [-0.15, -0.1) is 0 Å². The van der Waals surface area contributed by atoms with E-state index in [0.29, 0.717) is 57.3 Å². The first kappa shape index (κ1) is 30.5. The van der Waals surface area contributed by atoms with E-state index in [0.717, 1.165) is 23.0 Å². The Kier molecular flexibility index (Phi) is 7.06. The largest absolute Gasteiger partial charge is 0.508 e. The second-order valence-corrected chi connectivity index (χ2v) is 13.1. The number of fused-ring (bicyclic) bond motifs is 4. The number of carbonyl (C=O) groups excluding carboxylic acids is 2. The second-order valence-electron chi connectivity index (χ2n) is 13.1. The summed E-state index contributed by atoms with van der Waals surface area (Å²) in [4.78, 5) is 37.7. The van der Waals surface area contributed by atoms with Crippen LogP contribution >= 0.6 is 0 Å². The number of pyridine rings is 2. The van der Waals surface area contributed by atoms with Gasteiger partial charge in [0, 0.05) is 48.7 Å². The minimum Gasteiger partial charge on any atom is -0.508 e. The molecule has 252 valence electrons. The van der Waals surface area contributed by atoms with E-state index in [1.54, 1.807) is 41.4 Å². The first-order chi connectivity index (χ1) is 24.8. The molecule has 10 nitrogen and oxygen atoms in total. The fraction of sp³-hybridized carbons (Fsp3) is 0.146. The highest BCUT2D eigenvalue weighted by molar-refractivity contribution is 6.16. The van der Waals surface area contributed by atoms with Gasteiger partial charge in [0.05, 0.1) is 34.2 Å². The van der Waals surface area contributed by atoms with Gasteiger partial charge in [0.15, 0.2) is 11.5 Å². The number of ether oxygens (including phenoxy) is 2. The van der Waals surface area contributed by atoms with Crippen molar-refractivity contribution in [2.45, 2.75) is 25.9 Å². The van der Waals surface area contributed by atoms with Gasteiger partial charge in [-0.05, 0) is 91.2 Å². The molecule has 0 fully saturated rings. The highest BCUT2D eigenvalue weighted by atomic mass is 16.7. The average Bonchev–Trinajstić information content (AvgIpc) is 3.88. The van der Waals surface area contributed by atoms with E-state index in [2.05, 4.69) is 24.0 Å². The molecular formula is C41H33N5O5. The number of benzene rings is 3. The van der Waals surface area contributed by atoms with Gasteiger partial charge in [0.2, 0.25) is 6.79 Å². The number of aromatic nitrogens is 3. The van der Waals surface area contributed by atoms with Crippen LogP contribution in [0, 0.1) is 0 Å². The maximum absolute atomic E-state index is 14.9. The molecule has 0 saturated heterocycles. The zero-order valence-corrected chi connectivity index (χ0v) is 28.0. The number of amides is 2. The second kappa shape index (κ2) is 11.8. The van der Waals surface area contributed by atoms with Crippen molar-refractivity contribution in [2.24, 2.45) is 7.05 Å². The van der Waals surface area contributed by atoms with Gasteiger partial charge in [-0.2, -0.15) is 0 Å². The molecule has 2 aliphatic rings. The summed E-state index contributed by atoms with van der Waals surface area (Å²) >= 11 is 0. The van der Waals surface area contributed by atoms with Gasteiger partial charge in [0.25, 0.3) is 11.8 Å². The van der Waals surface area contributed by atoms with Crippen molar-refractivity contribution in [1.82, 2.24) is 18.9 Å². The van der Waals surface area contributed by atoms with E-state index in [4.69, 9.17) is 9.47 Å².